The van der Waals surface area contributed by atoms with Gasteiger partial charge in [-0.1, -0.05) is 48.8 Å². The Morgan fingerprint density at radius 3 is 2.76 bits per heavy atom. The van der Waals surface area contributed by atoms with Crippen LogP contribution >= 0.6 is 15.9 Å². The average molecular weight is 297 g/mol. The van der Waals surface area contributed by atoms with Crippen LogP contribution in [0.25, 0.3) is 0 Å². The predicted octanol–water partition coefficient (Wildman–Crippen LogP) is 4.26. The molecule has 0 aliphatic heterocycles. The number of hydrogen-bond acceptors (Lipinski definition) is 1. The van der Waals surface area contributed by atoms with Gasteiger partial charge in [-0.2, -0.15) is 0 Å². The van der Waals surface area contributed by atoms with Gasteiger partial charge in [-0.05, 0) is 47.3 Å². The summed E-state index contributed by atoms with van der Waals surface area (Å²) < 4.78 is 0. The van der Waals surface area contributed by atoms with Crippen LogP contribution in [0, 0.1) is 11.8 Å². The van der Waals surface area contributed by atoms with Crippen molar-refractivity contribution in [3.63, 3.8) is 0 Å². The molecule has 0 radical (unpaired) electrons. The number of phenols is 1. The van der Waals surface area contributed by atoms with E-state index in [0.717, 1.165) is 11.8 Å². The lowest BCUT2D eigenvalue weighted by atomic mass is 9.72. The lowest BCUT2D eigenvalue weighted by molar-refractivity contribution is 0.245. The van der Waals surface area contributed by atoms with Crippen LogP contribution < -0.4 is 0 Å². The van der Waals surface area contributed by atoms with Gasteiger partial charge in [0.2, 0.25) is 0 Å². The van der Waals surface area contributed by atoms with Crippen molar-refractivity contribution in [2.45, 2.75) is 39.0 Å². The standard InChI is InChI=1S/C15H21BrO/c1-10(7-8-16)13-9-11-12(15(13,2)3)5-4-6-14(11)17/h4-6,10,13,17H,7-9H2,1-3H3/t10-,13-/m0/s1. The molecular formula is C15H21BrO. The molecule has 94 valence electrons. The van der Waals surface area contributed by atoms with Gasteiger partial charge in [0.25, 0.3) is 0 Å². The highest BCUT2D eigenvalue weighted by Gasteiger charge is 2.42. The number of halogens is 1. The highest BCUT2D eigenvalue weighted by atomic mass is 79.9. The van der Waals surface area contributed by atoms with Gasteiger partial charge in [0.15, 0.2) is 0 Å². The molecule has 0 saturated carbocycles. The van der Waals surface area contributed by atoms with Crippen LogP contribution in [0.5, 0.6) is 5.75 Å². The molecule has 17 heavy (non-hydrogen) atoms. The van der Waals surface area contributed by atoms with Gasteiger partial charge >= 0.3 is 0 Å². The maximum Gasteiger partial charge on any atom is 0.119 e. The Hall–Kier alpha value is -0.500. The molecule has 1 aliphatic carbocycles. The first-order chi connectivity index (χ1) is 7.98. The Labute approximate surface area is 112 Å². The number of rotatable bonds is 3. The van der Waals surface area contributed by atoms with E-state index in [9.17, 15) is 5.11 Å². The third-order valence-corrected chi connectivity index (χ3v) is 4.91. The van der Waals surface area contributed by atoms with Gasteiger partial charge in [-0.15, -0.1) is 0 Å². The zero-order valence-corrected chi connectivity index (χ0v) is 12.4. The largest absolute Gasteiger partial charge is 0.508 e. The third kappa shape index (κ3) is 2.12. The molecule has 2 heteroatoms. The Morgan fingerprint density at radius 1 is 1.47 bits per heavy atom. The molecule has 0 aromatic heterocycles. The topological polar surface area (TPSA) is 20.2 Å². The molecule has 2 atom stereocenters. The molecule has 1 aromatic rings. The number of fused-ring (bicyclic) bond motifs is 1. The first-order valence-electron chi connectivity index (χ1n) is 6.35. The molecule has 0 amide bonds. The van der Waals surface area contributed by atoms with Gasteiger partial charge in [-0.3, -0.25) is 0 Å². The van der Waals surface area contributed by atoms with Crippen LogP contribution in [-0.4, -0.2) is 10.4 Å². The fourth-order valence-corrected chi connectivity index (χ4v) is 4.08. The maximum atomic E-state index is 9.98. The van der Waals surface area contributed by atoms with E-state index in [4.69, 9.17) is 0 Å². The molecule has 1 N–H and O–H groups in total. The van der Waals surface area contributed by atoms with Crippen LogP contribution in [0.3, 0.4) is 0 Å². The van der Waals surface area contributed by atoms with E-state index in [1.165, 1.54) is 17.5 Å². The fourth-order valence-electron chi connectivity index (χ4n) is 3.35. The summed E-state index contributed by atoms with van der Waals surface area (Å²) in [5.74, 6) is 1.78. The van der Waals surface area contributed by atoms with Crippen LogP contribution in [0.1, 0.15) is 38.3 Å². The molecule has 0 unspecified atom stereocenters. The first kappa shape index (κ1) is 12.9. The van der Waals surface area contributed by atoms with Crippen molar-refractivity contribution in [3.05, 3.63) is 29.3 Å². The lowest BCUT2D eigenvalue weighted by Gasteiger charge is -2.32. The van der Waals surface area contributed by atoms with Crippen LogP contribution in [0.2, 0.25) is 0 Å². The second kappa shape index (κ2) is 4.64. The molecule has 1 aromatic carbocycles. The number of benzene rings is 1. The van der Waals surface area contributed by atoms with Crippen molar-refractivity contribution >= 4 is 15.9 Å². The van der Waals surface area contributed by atoms with Gasteiger partial charge < -0.3 is 5.11 Å². The molecule has 0 fully saturated rings. The Morgan fingerprint density at radius 2 is 2.18 bits per heavy atom. The van der Waals surface area contributed by atoms with E-state index in [1.807, 2.05) is 12.1 Å². The zero-order chi connectivity index (χ0) is 12.6. The first-order valence-corrected chi connectivity index (χ1v) is 7.48. The monoisotopic (exact) mass is 296 g/mol. The van der Waals surface area contributed by atoms with Crippen LogP contribution in [0.4, 0.5) is 0 Å². The lowest BCUT2D eigenvalue weighted by Crippen LogP contribution is -2.29. The minimum atomic E-state index is 0.176. The summed E-state index contributed by atoms with van der Waals surface area (Å²) in [7, 11) is 0. The summed E-state index contributed by atoms with van der Waals surface area (Å²) in [5.41, 5.74) is 2.68. The fraction of sp³-hybridized carbons (Fsp3) is 0.600. The summed E-state index contributed by atoms with van der Waals surface area (Å²) >= 11 is 3.53. The molecule has 0 spiro atoms. The molecule has 0 bridgehead atoms. The molecule has 0 heterocycles. The van der Waals surface area contributed by atoms with E-state index in [2.05, 4.69) is 42.8 Å². The summed E-state index contributed by atoms with van der Waals surface area (Å²) in [6.07, 6.45) is 2.21. The van der Waals surface area contributed by atoms with Gasteiger partial charge in [0, 0.05) is 5.33 Å². The number of phenolic OH excluding ortho intramolecular Hbond substituents is 1. The highest BCUT2D eigenvalue weighted by molar-refractivity contribution is 9.09. The number of alkyl halides is 1. The van der Waals surface area contributed by atoms with E-state index in [0.29, 0.717) is 17.6 Å². The van der Waals surface area contributed by atoms with Crippen molar-refractivity contribution < 1.29 is 5.11 Å². The van der Waals surface area contributed by atoms with Gasteiger partial charge in [0.1, 0.15) is 5.75 Å². The Bertz CT molecular complexity index is 411. The van der Waals surface area contributed by atoms with E-state index >= 15 is 0 Å². The maximum absolute atomic E-state index is 9.98. The van der Waals surface area contributed by atoms with Gasteiger partial charge in [0.05, 0.1) is 0 Å². The number of hydrogen-bond donors (Lipinski definition) is 1. The van der Waals surface area contributed by atoms with Crippen molar-refractivity contribution in [2.24, 2.45) is 11.8 Å². The normalized spacial score (nSPS) is 23.4. The minimum absolute atomic E-state index is 0.176. The summed E-state index contributed by atoms with van der Waals surface area (Å²) in [6.45, 7) is 6.96. The Balaban J connectivity index is 2.36. The summed E-state index contributed by atoms with van der Waals surface area (Å²) in [5, 5.41) is 11.0. The summed E-state index contributed by atoms with van der Waals surface area (Å²) in [4.78, 5) is 0. The quantitative estimate of drug-likeness (QED) is 0.826. The molecule has 1 nitrogen and oxygen atoms in total. The summed E-state index contributed by atoms with van der Waals surface area (Å²) in [6, 6.07) is 5.95. The smallest absolute Gasteiger partial charge is 0.119 e. The van der Waals surface area contributed by atoms with Crippen molar-refractivity contribution in [1.29, 1.82) is 0 Å². The second-order valence-corrected chi connectivity index (χ2v) is 6.58. The zero-order valence-electron chi connectivity index (χ0n) is 10.8. The predicted molar refractivity (Wildman–Crippen MR) is 75.9 cm³/mol. The van der Waals surface area contributed by atoms with Crippen LogP contribution in [-0.2, 0) is 11.8 Å². The molecule has 1 aliphatic rings. The van der Waals surface area contributed by atoms with Crippen LogP contribution in [0.15, 0.2) is 18.2 Å². The van der Waals surface area contributed by atoms with E-state index < -0.39 is 0 Å². The Kier molecular flexibility index (Phi) is 3.53. The average Bonchev–Trinajstić information content (AvgIpc) is 2.53. The molecule has 2 rings (SSSR count). The van der Waals surface area contributed by atoms with Crippen molar-refractivity contribution in [1.82, 2.24) is 0 Å². The highest BCUT2D eigenvalue weighted by Crippen LogP contribution is 2.49. The van der Waals surface area contributed by atoms with E-state index in [1.54, 1.807) is 0 Å². The molecular weight excluding hydrogens is 276 g/mol. The van der Waals surface area contributed by atoms with E-state index in [-0.39, 0.29) is 5.41 Å². The minimum Gasteiger partial charge on any atom is -0.508 e. The molecule has 0 saturated heterocycles. The van der Waals surface area contributed by atoms with Crippen molar-refractivity contribution in [2.75, 3.05) is 5.33 Å². The van der Waals surface area contributed by atoms with Gasteiger partial charge in [-0.25, -0.2) is 0 Å². The van der Waals surface area contributed by atoms with Crippen molar-refractivity contribution in [3.8, 4) is 5.75 Å². The number of aromatic hydroxyl groups is 1. The second-order valence-electron chi connectivity index (χ2n) is 5.79. The SMILES string of the molecule is C[C@@H](CCBr)[C@@H]1Cc2c(O)cccc2C1(C)C. The third-order valence-electron chi connectivity index (χ3n) is 4.45.